The molecular weight excluding hydrogens is 419 g/mol. The molecule has 3 rings (SSSR count). The third kappa shape index (κ3) is 8.29. The summed E-state index contributed by atoms with van der Waals surface area (Å²) >= 11 is 0. The third-order valence-electron chi connectivity index (χ3n) is 5.45. The van der Waals surface area contributed by atoms with Gasteiger partial charge in [0.25, 0.3) is 0 Å². The van der Waals surface area contributed by atoms with E-state index in [-0.39, 0.29) is 30.3 Å². The monoisotopic (exact) mass is 454 g/mol. The Labute approximate surface area is 194 Å². The van der Waals surface area contributed by atoms with E-state index in [1.807, 2.05) is 6.07 Å². The van der Waals surface area contributed by atoms with Crippen LogP contribution in [0.4, 0.5) is 0 Å². The summed E-state index contributed by atoms with van der Waals surface area (Å²) in [5.41, 5.74) is 4.00. The van der Waals surface area contributed by atoms with E-state index in [9.17, 15) is 0 Å². The molecule has 1 atom stereocenters. The van der Waals surface area contributed by atoms with Crippen molar-refractivity contribution in [3.63, 3.8) is 0 Å². The summed E-state index contributed by atoms with van der Waals surface area (Å²) in [7, 11) is 1.73. The normalized spacial score (nSPS) is 15.1. The Morgan fingerprint density at radius 1 is 1.00 bits per heavy atom. The Bertz CT molecular complexity index is 735. The molecule has 2 N–H and O–H groups in total. The average Bonchev–Trinajstić information content (AvgIpc) is 2.72. The minimum Gasteiger partial charge on any atom is -0.497 e. The van der Waals surface area contributed by atoms with Crippen molar-refractivity contribution in [1.29, 1.82) is 0 Å². The Balaban J connectivity index is 0.00000280. The lowest BCUT2D eigenvalue weighted by Gasteiger charge is -2.39. The van der Waals surface area contributed by atoms with Gasteiger partial charge in [-0.05, 0) is 43.0 Å². The maximum absolute atomic E-state index is 5.42. The first-order valence-corrected chi connectivity index (χ1v) is 9.94. The molecule has 0 aromatic heterocycles. The Morgan fingerprint density at radius 3 is 2.27 bits per heavy atom. The second-order valence-corrected chi connectivity index (χ2v) is 7.57. The van der Waals surface area contributed by atoms with Crippen LogP contribution in [0, 0.1) is 0 Å². The second-order valence-electron chi connectivity index (χ2n) is 7.57. The fraction of sp³-hybridized carbons (Fsp3) is 0.417. The van der Waals surface area contributed by atoms with Gasteiger partial charge < -0.3 is 15.1 Å². The predicted octanol–water partition coefficient (Wildman–Crippen LogP) is 4.58. The number of methoxy groups -OCH3 is 1. The van der Waals surface area contributed by atoms with Crippen LogP contribution in [-0.4, -0.2) is 55.1 Å². The molecule has 1 unspecified atom stereocenters. The van der Waals surface area contributed by atoms with E-state index in [1.165, 1.54) is 16.7 Å². The van der Waals surface area contributed by atoms with Crippen molar-refractivity contribution in [3.8, 4) is 5.75 Å². The summed E-state index contributed by atoms with van der Waals surface area (Å²) in [5, 5.41) is 0. The molecule has 0 amide bonds. The van der Waals surface area contributed by atoms with Crippen LogP contribution in [0.1, 0.15) is 30.5 Å². The molecule has 168 valence electrons. The van der Waals surface area contributed by atoms with Gasteiger partial charge in [-0.3, -0.25) is 4.90 Å². The average molecular weight is 455 g/mol. The van der Waals surface area contributed by atoms with Gasteiger partial charge in [0, 0.05) is 38.8 Å². The van der Waals surface area contributed by atoms with Crippen LogP contribution in [-0.2, 0) is 6.42 Å². The maximum atomic E-state index is 5.42. The molecule has 30 heavy (non-hydrogen) atoms. The zero-order valence-corrected chi connectivity index (χ0v) is 19.7. The van der Waals surface area contributed by atoms with E-state index in [0.717, 1.165) is 51.3 Å². The number of ether oxygens (including phenoxy) is 1. The van der Waals surface area contributed by atoms with Crippen molar-refractivity contribution >= 4 is 24.8 Å². The highest BCUT2D eigenvalue weighted by molar-refractivity contribution is 5.85. The molecule has 2 aromatic rings. The highest BCUT2D eigenvalue weighted by Gasteiger charge is 2.25. The van der Waals surface area contributed by atoms with Crippen molar-refractivity contribution in [3.05, 3.63) is 77.9 Å². The number of rotatable bonds is 8. The summed E-state index contributed by atoms with van der Waals surface area (Å²) in [5.74, 6) is 0.934. The van der Waals surface area contributed by atoms with Crippen molar-refractivity contribution in [2.75, 3.05) is 39.8 Å². The van der Waals surface area contributed by atoms with Crippen molar-refractivity contribution < 1.29 is 10.2 Å². The topological polar surface area (TPSA) is 47.2 Å². The Hall–Kier alpha value is -1.56. The fourth-order valence-corrected chi connectivity index (χ4v) is 3.80. The van der Waals surface area contributed by atoms with Gasteiger partial charge in [-0.15, -0.1) is 31.4 Å². The van der Waals surface area contributed by atoms with Gasteiger partial charge >= 0.3 is 0 Å². The molecule has 1 aliphatic rings. The van der Waals surface area contributed by atoms with Gasteiger partial charge in [0.1, 0.15) is 5.75 Å². The van der Waals surface area contributed by atoms with Gasteiger partial charge in [0.05, 0.1) is 7.11 Å². The standard InChI is InChI=1S/C24H32N2O.2ClH.H2O/c1-20(2)12-13-25-14-16-26(17-15-25)24(22-9-5-4-6-10-22)19-21-8-7-11-23(18-21)27-3;;;/h4-11,18,24H,1,12-17,19H2,2-3H3;2*1H;1H2. The fourth-order valence-electron chi connectivity index (χ4n) is 3.80. The molecular formula is C24H36Cl2N2O2. The molecule has 0 saturated carbocycles. The van der Waals surface area contributed by atoms with E-state index >= 15 is 0 Å². The summed E-state index contributed by atoms with van der Waals surface area (Å²) in [4.78, 5) is 5.21. The molecule has 0 aliphatic carbocycles. The number of piperazine rings is 1. The van der Waals surface area contributed by atoms with Crippen molar-refractivity contribution in [1.82, 2.24) is 9.80 Å². The minimum atomic E-state index is 0. The highest BCUT2D eigenvalue weighted by Crippen LogP contribution is 2.27. The second kappa shape index (κ2) is 14.4. The van der Waals surface area contributed by atoms with Crippen LogP contribution in [0.3, 0.4) is 0 Å². The molecule has 2 aromatic carbocycles. The number of halogens is 2. The molecule has 6 heteroatoms. The van der Waals surface area contributed by atoms with E-state index in [1.54, 1.807) is 7.11 Å². The Kier molecular flexibility index (Phi) is 13.7. The number of hydrogen-bond acceptors (Lipinski definition) is 3. The van der Waals surface area contributed by atoms with Crippen molar-refractivity contribution in [2.24, 2.45) is 0 Å². The maximum Gasteiger partial charge on any atom is 0.119 e. The quantitative estimate of drug-likeness (QED) is 0.548. The highest BCUT2D eigenvalue weighted by atomic mass is 35.5. The molecule has 0 radical (unpaired) electrons. The number of nitrogens with zero attached hydrogens (tertiary/aromatic N) is 2. The van der Waals surface area contributed by atoms with Crippen molar-refractivity contribution in [2.45, 2.75) is 25.8 Å². The molecule has 4 nitrogen and oxygen atoms in total. The van der Waals surface area contributed by atoms with E-state index in [0.29, 0.717) is 6.04 Å². The van der Waals surface area contributed by atoms with Gasteiger partial charge in [-0.25, -0.2) is 0 Å². The van der Waals surface area contributed by atoms with Crippen LogP contribution >= 0.6 is 24.8 Å². The zero-order chi connectivity index (χ0) is 19.1. The number of hydrogen-bond donors (Lipinski definition) is 0. The lowest BCUT2D eigenvalue weighted by molar-refractivity contribution is 0.0961. The van der Waals surface area contributed by atoms with E-state index in [4.69, 9.17) is 4.74 Å². The van der Waals surface area contributed by atoms with E-state index < -0.39 is 0 Å². The number of benzene rings is 2. The minimum absolute atomic E-state index is 0. The summed E-state index contributed by atoms with van der Waals surface area (Å²) < 4.78 is 5.42. The molecule has 0 bridgehead atoms. The summed E-state index contributed by atoms with van der Waals surface area (Å²) in [6.07, 6.45) is 2.11. The molecule has 1 saturated heterocycles. The van der Waals surface area contributed by atoms with Gasteiger partial charge in [0.2, 0.25) is 0 Å². The molecule has 1 aliphatic heterocycles. The Morgan fingerprint density at radius 2 is 1.67 bits per heavy atom. The van der Waals surface area contributed by atoms with E-state index in [2.05, 4.69) is 71.8 Å². The molecule has 0 spiro atoms. The van der Waals surface area contributed by atoms with Crippen LogP contribution in [0.25, 0.3) is 0 Å². The third-order valence-corrected chi connectivity index (χ3v) is 5.45. The summed E-state index contributed by atoms with van der Waals surface area (Å²) in [6.45, 7) is 11.8. The summed E-state index contributed by atoms with van der Waals surface area (Å²) in [6, 6.07) is 19.8. The van der Waals surface area contributed by atoms with Gasteiger partial charge in [-0.1, -0.05) is 48.0 Å². The van der Waals surface area contributed by atoms with Crippen LogP contribution in [0.5, 0.6) is 5.75 Å². The lowest BCUT2D eigenvalue weighted by Crippen LogP contribution is -2.48. The zero-order valence-electron chi connectivity index (χ0n) is 18.0. The lowest BCUT2D eigenvalue weighted by atomic mass is 9.96. The van der Waals surface area contributed by atoms with Crippen LogP contribution in [0.15, 0.2) is 66.7 Å². The van der Waals surface area contributed by atoms with Crippen LogP contribution < -0.4 is 4.74 Å². The molecule has 1 heterocycles. The smallest absolute Gasteiger partial charge is 0.119 e. The largest absolute Gasteiger partial charge is 0.497 e. The molecule has 1 fully saturated rings. The first kappa shape index (κ1) is 28.4. The van der Waals surface area contributed by atoms with Crippen LogP contribution in [0.2, 0.25) is 0 Å². The SMILES string of the molecule is C=C(C)CCN1CCN(C(Cc2cccc(OC)c2)c2ccccc2)CC1.Cl.Cl.O. The van der Waals surface area contributed by atoms with Gasteiger partial charge in [0.15, 0.2) is 0 Å². The predicted molar refractivity (Wildman–Crippen MR) is 131 cm³/mol. The van der Waals surface area contributed by atoms with Gasteiger partial charge in [-0.2, -0.15) is 0 Å². The first-order chi connectivity index (χ1) is 13.2. The first-order valence-electron chi connectivity index (χ1n) is 9.94.